The van der Waals surface area contributed by atoms with E-state index in [0.717, 1.165) is 37.9 Å². The molecule has 3 aromatic rings. The summed E-state index contributed by atoms with van der Waals surface area (Å²) in [5.74, 6) is 0.654. The third kappa shape index (κ3) is 4.17. The topological polar surface area (TPSA) is 41.4 Å². The Morgan fingerprint density at radius 1 is 1.07 bits per heavy atom. The molecule has 0 spiro atoms. The summed E-state index contributed by atoms with van der Waals surface area (Å²) in [6, 6.07) is 15.0. The maximum atomic E-state index is 12.5. The van der Waals surface area contributed by atoms with Gasteiger partial charge in [-0.2, -0.15) is 0 Å². The van der Waals surface area contributed by atoms with Gasteiger partial charge in [0.2, 0.25) is 5.91 Å². The molecule has 0 N–H and O–H groups in total. The highest BCUT2D eigenvalue weighted by atomic mass is 32.2. The van der Waals surface area contributed by atoms with E-state index in [1.54, 1.807) is 6.20 Å². The van der Waals surface area contributed by atoms with Gasteiger partial charge < -0.3 is 9.47 Å². The molecule has 1 aliphatic rings. The molecule has 0 bridgehead atoms. The predicted octanol–water partition coefficient (Wildman–Crippen LogP) is 3.01. The fraction of sp³-hybridized carbons (Fsp3) is 0.333. The van der Waals surface area contributed by atoms with Gasteiger partial charge in [-0.05, 0) is 16.3 Å². The number of piperazine rings is 1. The molecule has 0 radical (unpaired) electrons. The van der Waals surface area contributed by atoms with Crippen LogP contribution in [0.1, 0.15) is 5.56 Å². The molecule has 0 aliphatic carbocycles. The zero-order valence-electron chi connectivity index (χ0n) is 15.5. The number of carbonyl (C=O) groups is 1. The summed E-state index contributed by atoms with van der Waals surface area (Å²) in [5, 5.41) is 3.50. The number of thioether (sulfide) groups is 1. The molecule has 1 fully saturated rings. The van der Waals surface area contributed by atoms with Crippen molar-refractivity contribution >= 4 is 28.4 Å². The highest BCUT2D eigenvalue weighted by Crippen LogP contribution is 2.21. The molecule has 5 nitrogen and oxygen atoms in total. The van der Waals surface area contributed by atoms with Crippen LogP contribution in [-0.4, -0.2) is 57.2 Å². The average molecular weight is 381 g/mol. The predicted molar refractivity (Wildman–Crippen MR) is 110 cm³/mol. The first kappa shape index (κ1) is 18.1. The van der Waals surface area contributed by atoms with Crippen LogP contribution < -0.4 is 0 Å². The van der Waals surface area contributed by atoms with Crippen LogP contribution in [0.25, 0.3) is 10.8 Å². The molecule has 6 heteroatoms. The van der Waals surface area contributed by atoms with Crippen LogP contribution in [0.15, 0.2) is 60.0 Å². The second-order valence-electron chi connectivity index (χ2n) is 6.90. The van der Waals surface area contributed by atoms with Crippen LogP contribution in [0, 0.1) is 0 Å². The lowest BCUT2D eigenvalue weighted by molar-refractivity contribution is -0.130. The van der Waals surface area contributed by atoms with Crippen molar-refractivity contribution in [3.8, 4) is 0 Å². The van der Waals surface area contributed by atoms with Crippen molar-refractivity contribution in [2.24, 2.45) is 7.05 Å². The molecule has 140 valence electrons. The highest BCUT2D eigenvalue weighted by molar-refractivity contribution is 7.99. The molecular weight excluding hydrogens is 356 g/mol. The van der Waals surface area contributed by atoms with E-state index in [4.69, 9.17) is 0 Å². The van der Waals surface area contributed by atoms with Gasteiger partial charge in [0.25, 0.3) is 0 Å². The van der Waals surface area contributed by atoms with E-state index in [2.05, 4.69) is 52.3 Å². The van der Waals surface area contributed by atoms with E-state index < -0.39 is 0 Å². The molecule has 1 amide bonds. The monoisotopic (exact) mass is 380 g/mol. The lowest BCUT2D eigenvalue weighted by Gasteiger charge is -2.35. The van der Waals surface area contributed by atoms with Crippen molar-refractivity contribution in [1.82, 2.24) is 19.4 Å². The highest BCUT2D eigenvalue weighted by Gasteiger charge is 2.21. The molecule has 1 saturated heterocycles. The Morgan fingerprint density at radius 3 is 2.63 bits per heavy atom. The van der Waals surface area contributed by atoms with E-state index in [1.165, 1.54) is 28.1 Å². The van der Waals surface area contributed by atoms with Gasteiger partial charge >= 0.3 is 0 Å². The van der Waals surface area contributed by atoms with Gasteiger partial charge in [-0.1, -0.05) is 54.2 Å². The van der Waals surface area contributed by atoms with Crippen molar-refractivity contribution in [2.75, 3.05) is 31.9 Å². The van der Waals surface area contributed by atoms with E-state index in [9.17, 15) is 4.79 Å². The van der Waals surface area contributed by atoms with Crippen LogP contribution in [0.3, 0.4) is 0 Å². The standard InChI is InChI=1S/C21H24N4OS/c1-23-10-9-22-21(23)27-16-20(26)25-13-11-24(12-14-25)15-18-7-4-6-17-5-2-3-8-19(17)18/h2-10H,11-16H2,1H3. The molecule has 2 aromatic carbocycles. The van der Waals surface area contributed by atoms with E-state index >= 15 is 0 Å². The van der Waals surface area contributed by atoms with Crippen LogP contribution in [0.4, 0.5) is 0 Å². The molecule has 2 heterocycles. The van der Waals surface area contributed by atoms with Gasteiger partial charge in [-0.15, -0.1) is 0 Å². The minimum Gasteiger partial charge on any atom is -0.339 e. The van der Waals surface area contributed by atoms with Gasteiger partial charge in [-0.25, -0.2) is 4.98 Å². The average Bonchev–Trinajstić information content (AvgIpc) is 3.12. The number of nitrogens with zero attached hydrogens (tertiary/aromatic N) is 4. The number of amides is 1. The summed E-state index contributed by atoms with van der Waals surface area (Å²) in [7, 11) is 1.95. The number of hydrogen-bond donors (Lipinski definition) is 0. The third-order valence-corrected chi connectivity index (χ3v) is 6.14. The second-order valence-corrected chi connectivity index (χ2v) is 7.85. The fourth-order valence-electron chi connectivity index (χ4n) is 3.54. The summed E-state index contributed by atoms with van der Waals surface area (Å²) in [6.45, 7) is 4.37. The maximum absolute atomic E-state index is 12.5. The van der Waals surface area contributed by atoms with Gasteiger partial charge in [0.15, 0.2) is 5.16 Å². The molecule has 27 heavy (non-hydrogen) atoms. The normalized spacial score (nSPS) is 15.4. The summed E-state index contributed by atoms with van der Waals surface area (Å²) < 4.78 is 1.94. The molecule has 0 atom stereocenters. The summed E-state index contributed by atoms with van der Waals surface area (Å²) in [5.41, 5.74) is 1.36. The summed E-state index contributed by atoms with van der Waals surface area (Å²) in [4.78, 5) is 21.2. The summed E-state index contributed by atoms with van der Waals surface area (Å²) >= 11 is 1.51. The second kappa shape index (κ2) is 8.15. The smallest absolute Gasteiger partial charge is 0.233 e. The molecule has 1 aliphatic heterocycles. The molecule has 0 unspecified atom stereocenters. The minimum absolute atomic E-state index is 0.202. The van der Waals surface area contributed by atoms with Crippen molar-refractivity contribution < 1.29 is 4.79 Å². The lowest BCUT2D eigenvalue weighted by Crippen LogP contribution is -2.48. The number of carbonyl (C=O) groups excluding carboxylic acids is 1. The number of hydrogen-bond acceptors (Lipinski definition) is 4. The van der Waals surface area contributed by atoms with Gasteiger partial charge in [0, 0.05) is 52.2 Å². The Hall–Kier alpha value is -2.31. The fourth-order valence-corrected chi connectivity index (χ4v) is 4.37. The molecular formula is C21H24N4OS. The quantitative estimate of drug-likeness (QED) is 0.638. The van der Waals surface area contributed by atoms with Crippen molar-refractivity contribution in [2.45, 2.75) is 11.7 Å². The zero-order chi connectivity index (χ0) is 18.6. The number of aryl methyl sites for hydroxylation is 1. The van der Waals surface area contributed by atoms with Crippen molar-refractivity contribution in [3.05, 3.63) is 60.4 Å². The minimum atomic E-state index is 0.202. The Bertz CT molecular complexity index is 925. The van der Waals surface area contributed by atoms with Crippen LogP contribution in [0.5, 0.6) is 0 Å². The van der Waals surface area contributed by atoms with Gasteiger partial charge in [-0.3, -0.25) is 9.69 Å². The maximum Gasteiger partial charge on any atom is 0.233 e. The van der Waals surface area contributed by atoms with E-state index in [1.807, 2.05) is 22.7 Å². The Labute approximate surface area is 164 Å². The Balaban J connectivity index is 1.31. The lowest BCUT2D eigenvalue weighted by atomic mass is 10.0. The first-order valence-corrected chi connectivity index (χ1v) is 10.3. The number of aromatic nitrogens is 2. The number of rotatable bonds is 5. The van der Waals surface area contributed by atoms with Crippen molar-refractivity contribution in [1.29, 1.82) is 0 Å². The number of benzene rings is 2. The first-order chi connectivity index (χ1) is 13.2. The van der Waals surface area contributed by atoms with Gasteiger partial charge in [0.05, 0.1) is 5.75 Å². The van der Waals surface area contributed by atoms with Crippen LogP contribution in [-0.2, 0) is 18.4 Å². The Kier molecular flexibility index (Phi) is 5.45. The van der Waals surface area contributed by atoms with Crippen LogP contribution >= 0.6 is 11.8 Å². The molecule has 4 rings (SSSR count). The largest absolute Gasteiger partial charge is 0.339 e. The van der Waals surface area contributed by atoms with E-state index in [-0.39, 0.29) is 5.91 Å². The Morgan fingerprint density at radius 2 is 1.85 bits per heavy atom. The number of imidazole rings is 1. The SMILES string of the molecule is Cn1ccnc1SCC(=O)N1CCN(Cc2cccc3ccccc23)CC1. The molecule has 1 aromatic heterocycles. The number of fused-ring (bicyclic) bond motifs is 1. The zero-order valence-corrected chi connectivity index (χ0v) is 16.4. The first-order valence-electron chi connectivity index (χ1n) is 9.27. The van der Waals surface area contributed by atoms with Crippen LogP contribution in [0.2, 0.25) is 0 Å². The van der Waals surface area contributed by atoms with E-state index in [0.29, 0.717) is 5.75 Å². The third-order valence-electron chi connectivity index (χ3n) is 5.10. The van der Waals surface area contributed by atoms with Crippen molar-refractivity contribution in [3.63, 3.8) is 0 Å². The summed E-state index contributed by atoms with van der Waals surface area (Å²) in [6.07, 6.45) is 3.66. The molecule has 0 saturated carbocycles. The van der Waals surface area contributed by atoms with Gasteiger partial charge in [0.1, 0.15) is 0 Å².